The summed E-state index contributed by atoms with van der Waals surface area (Å²) >= 11 is 6.08. The van der Waals surface area contributed by atoms with Gasteiger partial charge >= 0.3 is 0 Å². The topological polar surface area (TPSA) is 58.6 Å². The number of carbonyl (C=O) groups is 2. The second-order valence-corrected chi connectivity index (χ2v) is 6.63. The summed E-state index contributed by atoms with van der Waals surface area (Å²) in [5.41, 5.74) is 2.53. The molecule has 0 aliphatic carbocycles. The maximum absolute atomic E-state index is 12.4. The Bertz CT molecular complexity index is 822. The molecule has 1 aliphatic rings. The fraction of sp³-hybridized carbons (Fsp3) is 0.300. The Morgan fingerprint density at radius 2 is 2.00 bits per heavy atom. The van der Waals surface area contributed by atoms with Crippen molar-refractivity contribution >= 4 is 23.4 Å². The molecular formula is C20H21ClN2O3. The van der Waals surface area contributed by atoms with Crippen LogP contribution in [0.5, 0.6) is 5.75 Å². The highest BCUT2D eigenvalue weighted by molar-refractivity contribution is 6.32. The Labute approximate surface area is 157 Å². The van der Waals surface area contributed by atoms with E-state index in [1.165, 1.54) is 7.11 Å². The van der Waals surface area contributed by atoms with Gasteiger partial charge in [0.1, 0.15) is 5.75 Å². The molecule has 3 rings (SSSR count). The van der Waals surface area contributed by atoms with Crippen molar-refractivity contribution < 1.29 is 14.3 Å². The van der Waals surface area contributed by atoms with Gasteiger partial charge in [0.25, 0.3) is 5.91 Å². The highest BCUT2D eigenvalue weighted by Gasteiger charge is 2.21. The highest BCUT2D eigenvalue weighted by Crippen LogP contribution is 2.25. The van der Waals surface area contributed by atoms with Crippen LogP contribution in [-0.2, 0) is 17.9 Å². The predicted octanol–water partition coefficient (Wildman–Crippen LogP) is 3.40. The molecule has 26 heavy (non-hydrogen) atoms. The van der Waals surface area contributed by atoms with E-state index in [1.807, 2.05) is 29.2 Å². The first kappa shape index (κ1) is 18.3. The van der Waals surface area contributed by atoms with Crippen molar-refractivity contribution in [2.45, 2.75) is 25.9 Å². The van der Waals surface area contributed by atoms with Crippen LogP contribution in [0.25, 0.3) is 0 Å². The summed E-state index contributed by atoms with van der Waals surface area (Å²) in [5.74, 6) is 0.516. The number of amides is 2. The van der Waals surface area contributed by atoms with Gasteiger partial charge in [-0.15, -0.1) is 0 Å². The van der Waals surface area contributed by atoms with Gasteiger partial charge in [-0.3, -0.25) is 9.59 Å². The standard InChI is InChI=1S/C20H21ClN2O3/c1-26-18-9-8-14(11-17(18)21)20(25)22-12-15-5-2-3-6-16(15)13-23-10-4-7-19(23)24/h2-3,5-6,8-9,11H,4,7,10,12-13H2,1H3,(H,22,25). The molecule has 1 aliphatic heterocycles. The Kier molecular flexibility index (Phi) is 5.78. The van der Waals surface area contributed by atoms with Crippen molar-refractivity contribution in [3.05, 3.63) is 64.2 Å². The molecule has 6 heteroatoms. The van der Waals surface area contributed by atoms with E-state index in [0.29, 0.717) is 35.8 Å². The smallest absolute Gasteiger partial charge is 0.251 e. The van der Waals surface area contributed by atoms with Crippen molar-refractivity contribution in [1.29, 1.82) is 0 Å². The normalized spacial score (nSPS) is 13.8. The van der Waals surface area contributed by atoms with Crippen LogP contribution in [0.15, 0.2) is 42.5 Å². The van der Waals surface area contributed by atoms with E-state index in [2.05, 4.69) is 5.32 Å². The van der Waals surface area contributed by atoms with Gasteiger partial charge in [0, 0.05) is 31.6 Å². The van der Waals surface area contributed by atoms with Crippen LogP contribution in [-0.4, -0.2) is 30.4 Å². The van der Waals surface area contributed by atoms with E-state index in [1.54, 1.807) is 18.2 Å². The Balaban J connectivity index is 1.67. The second kappa shape index (κ2) is 8.23. The van der Waals surface area contributed by atoms with Crippen molar-refractivity contribution in [2.75, 3.05) is 13.7 Å². The summed E-state index contributed by atoms with van der Waals surface area (Å²) in [6.07, 6.45) is 1.53. The zero-order chi connectivity index (χ0) is 18.5. The molecule has 1 fully saturated rings. The number of halogens is 1. The maximum Gasteiger partial charge on any atom is 0.251 e. The number of hydrogen-bond donors (Lipinski definition) is 1. The molecule has 2 aromatic rings. The van der Waals surface area contributed by atoms with Crippen LogP contribution in [0.4, 0.5) is 0 Å². The van der Waals surface area contributed by atoms with E-state index in [-0.39, 0.29) is 11.8 Å². The van der Waals surface area contributed by atoms with Crippen molar-refractivity contribution in [3.63, 3.8) is 0 Å². The minimum Gasteiger partial charge on any atom is -0.495 e. The third-order valence-corrected chi connectivity index (χ3v) is 4.80. The first-order valence-corrected chi connectivity index (χ1v) is 8.92. The monoisotopic (exact) mass is 372 g/mol. The lowest BCUT2D eigenvalue weighted by molar-refractivity contribution is -0.128. The molecule has 1 saturated heterocycles. The summed E-state index contributed by atoms with van der Waals surface area (Å²) in [7, 11) is 1.53. The second-order valence-electron chi connectivity index (χ2n) is 6.22. The number of likely N-dealkylation sites (tertiary alicyclic amines) is 1. The lowest BCUT2D eigenvalue weighted by Crippen LogP contribution is -2.26. The van der Waals surface area contributed by atoms with E-state index in [4.69, 9.17) is 16.3 Å². The molecule has 0 saturated carbocycles. The zero-order valence-electron chi connectivity index (χ0n) is 14.6. The van der Waals surface area contributed by atoms with Gasteiger partial charge in [-0.05, 0) is 35.7 Å². The number of hydrogen-bond acceptors (Lipinski definition) is 3. The molecule has 2 amide bonds. The van der Waals surface area contributed by atoms with Gasteiger partial charge in [0.05, 0.1) is 12.1 Å². The van der Waals surface area contributed by atoms with Crippen LogP contribution >= 0.6 is 11.6 Å². The Morgan fingerprint density at radius 3 is 2.65 bits per heavy atom. The van der Waals surface area contributed by atoms with Gasteiger partial charge in [-0.1, -0.05) is 35.9 Å². The van der Waals surface area contributed by atoms with Gasteiger partial charge in [0.15, 0.2) is 0 Å². The average molecular weight is 373 g/mol. The average Bonchev–Trinajstić information content (AvgIpc) is 3.05. The summed E-state index contributed by atoms with van der Waals surface area (Å²) in [6, 6.07) is 12.8. The lowest BCUT2D eigenvalue weighted by atomic mass is 10.1. The van der Waals surface area contributed by atoms with Crippen LogP contribution < -0.4 is 10.1 Å². The molecule has 0 spiro atoms. The molecule has 2 aromatic carbocycles. The third kappa shape index (κ3) is 4.17. The minimum absolute atomic E-state index is 0.191. The summed E-state index contributed by atoms with van der Waals surface area (Å²) < 4.78 is 5.10. The number of rotatable bonds is 6. The first-order chi connectivity index (χ1) is 12.6. The number of methoxy groups -OCH3 is 1. The molecule has 0 unspecified atom stereocenters. The summed E-state index contributed by atoms with van der Waals surface area (Å²) in [6.45, 7) is 1.77. The lowest BCUT2D eigenvalue weighted by Gasteiger charge is -2.18. The SMILES string of the molecule is COc1ccc(C(=O)NCc2ccccc2CN2CCCC2=O)cc1Cl. The van der Waals surface area contributed by atoms with Gasteiger partial charge in [-0.25, -0.2) is 0 Å². The quantitative estimate of drug-likeness (QED) is 0.845. The molecule has 1 N–H and O–H groups in total. The molecule has 0 aromatic heterocycles. The van der Waals surface area contributed by atoms with Gasteiger partial charge in [0.2, 0.25) is 5.91 Å². The zero-order valence-corrected chi connectivity index (χ0v) is 15.4. The van der Waals surface area contributed by atoms with Crippen molar-refractivity contribution in [3.8, 4) is 5.75 Å². The molecule has 0 atom stereocenters. The maximum atomic E-state index is 12.4. The molecule has 0 bridgehead atoms. The molecule has 1 heterocycles. The Hall–Kier alpha value is -2.53. The van der Waals surface area contributed by atoms with Crippen LogP contribution in [0, 0.1) is 0 Å². The van der Waals surface area contributed by atoms with Gasteiger partial charge < -0.3 is 15.0 Å². The summed E-state index contributed by atoms with van der Waals surface area (Å²) in [5, 5.41) is 3.31. The molecule has 136 valence electrons. The van der Waals surface area contributed by atoms with Crippen molar-refractivity contribution in [2.24, 2.45) is 0 Å². The van der Waals surface area contributed by atoms with E-state index in [9.17, 15) is 9.59 Å². The molecule has 5 nitrogen and oxygen atoms in total. The Morgan fingerprint density at radius 1 is 1.23 bits per heavy atom. The number of nitrogens with one attached hydrogen (secondary N) is 1. The van der Waals surface area contributed by atoms with Crippen LogP contribution in [0.2, 0.25) is 5.02 Å². The van der Waals surface area contributed by atoms with Crippen LogP contribution in [0.1, 0.15) is 34.3 Å². The fourth-order valence-electron chi connectivity index (χ4n) is 3.05. The largest absolute Gasteiger partial charge is 0.495 e. The number of benzene rings is 2. The molecular weight excluding hydrogens is 352 g/mol. The molecule has 0 radical (unpaired) electrons. The first-order valence-electron chi connectivity index (χ1n) is 8.55. The predicted molar refractivity (Wildman–Crippen MR) is 100 cm³/mol. The fourth-order valence-corrected chi connectivity index (χ4v) is 3.30. The van der Waals surface area contributed by atoms with E-state index in [0.717, 1.165) is 24.1 Å². The highest BCUT2D eigenvalue weighted by atomic mass is 35.5. The summed E-state index contributed by atoms with van der Waals surface area (Å²) in [4.78, 5) is 26.1. The van der Waals surface area contributed by atoms with E-state index < -0.39 is 0 Å². The van der Waals surface area contributed by atoms with Crippen LogP contribution in [0.3, 0.4) is 0 Å². The third-order valence-electron chi connectivity index (χ3n) is 4.50. The van der Waals surface area contributed by atoms with E-state index >= 15 is 0 Å². The number of carbonyl (C=O) groups excluding carboxylic acids is 2. The van der Waals surface area contributed by atoms with Crippen molar-refractivity contribution in [1.82, 2.24) is 10.2 Å². The van der Waals surface area contributed by atoms with Gasteiger partial charge in [-0.2, -0.15) is 0 Å². The number of ether oxygens (including phenoxy) is 1. The minimum atomic E-state index is -0.207. The number of nitrogens with zero attached hydrogens (tertiary/aromatic N) is 1.